The van der Waals surface area contributed by atoms with Gasteiger partial charge in [-0.25, -0.2) is 4.39 Å². The molecule has 27 heavy (non-hydrogen) atoms. The number of rotatable bonds is 7. The van der Waals surface area contributed by atoms with Crippen LogP contribution >= 0.6 is 0 Å². The van der Waals surface area contributed by atoms with Crippen LogP contribution in [0.15, 0.2) is 67.0 Å². The summed E-state index contributed by atoms with van der Waals surface area (Å²) in [7, 11) is 0. The molecule has 1 aromatic heterocycles. The Labute approximate surface area is 157 Å². The molecule has 3 aromatic rings. The highest BCUT2D eigenvalue weighted by atomic mass is 19.1. The number of halogens is 1. The van der Waals surface area contributed by atoms with Gasteiger partial charge in [-0.05, 0) is 48.2 Å². The molecule has 0 aliphatic heterocycles. The van der Waals surface area contributed by atoms with Gasteiger partial charge >= 0.3 is 0 Å². The van der Waals surface area contributed by atoms with E-state index in [-0.39, 0.29) is 12.2 Å². The van der Waals surface area contributed by atoms with Crippen LogP contribution in [0.4, 0.5) is 4.39 Å². The number of nitriles is 1. The Morgan fingerprint density at radius 1 is 1.15 bits per heavy atom. The second-order valence-corrected chi connectivity index (χ2v) is 6.17. The molecule has 0 fully saturated rings. The summed E-state index contributed by atoms with van der Waals surface area (Å²) in [5.41, 5.74) is 2.48. The number of pyridine rings is 1. The van der Waals surface area contributed by atoms with Gasteiger partial charge in [0.2, 0.25) is 0 Å². The van der Waals surface area contributed by atoms with Crippen LogP contribution in [-0.4, -0.2) is 22.8 Å². The van der Waals surface area contributed by atoms with Crippen molar-refractivity contribution < 1.29 is 14.2 Å². The number of hydrogen-bond donors (Lipinski definition) is 1. The van der Waals surface area contributed by atoms with E-state index in [0.29, 0.717) is 24.2 Å². The van der Waals surface area contributed by atoms with Gasteiger partial charge in [-0.3, -0.25) is 4.98 Å². The molecule has 0 unspecified atom stereocenters. The van der Waals surface area contributed by atoms with E-state index in [1.54, 1.807) is 24.5 Å². The van der Waals surface area contributed by atoms with Crippen molar-refractivity contribution in [2.75, 3.05) is 6.61 Å². The minimum absolute atomic E-state index is 0.0150. The van der Waals surface area contributed by atoms with Gasteiger partial charge in [-0.15, -0.1) is 0 Å². The summed E-state index contributed by atoms with van der Waals surface area (Å²) >= 11 is 0. The van der Waals surface area contributed by atoms with Gasteiger partial charge in [0, 0.05) is 18.0 Å². The van der Waals surface area contributed by atoms with Crippen molar-refractivity contribution in [1.82, 2.24) is 4.98 Å². The van der Waals surface area contributed by atoms with E-state index in [1.165, 1.54) is 12.1 Å². The summed E-state index contributed by atoms with van der Waals surface area (Å²) in [6.45, 7) is 0.142. The predicted molar refractivity (Wildman–Crippen MR) is 101 cm³/mol. The Hall–Kier alpha value is -3.23. The monoisotopic (exact) mass is 362 g/mol. The van der Waals surface area contributed by atoms with E-state index < -0.39 is 11.9 Å². The highest BCUT2D eigenvalue weighted by Gasteiger charge is 2.11. The average molecular weight is 362 g/mol. The first kappa shape index (κ1) is 18.6. The Bertz CT molecular complexity index is 939. The van der Waals surface area contributed by atoms with Crippen LogP contribution in [0.3, 0.4) is 0 Å². The topological polar surface area (TPSA) is 66.1 Å². The van der Waals surface area contributed by atoms with Gasteiger partial charge in [0.1, 0.15) is 24.2 Å². The fraction of sp³-hybridized carbons (Fsp3) is 0.182. The Balaban J connectivity index is 1.67. The maximum absolute atomic E-state index is 13.6. The molecule has 4 nitrogen and oxygen atoms in total. The zero-order valence-electron chi connectivity index (χ0n) is 14.7. The molecule has 0 bridgehead atoms. The number of ether oxygens (including phenoxy) is 1. The largest absolute Gasteiger partial charge is 0.490 e. The van der Waals surface area contributed by atoms with Crippen molar-refractivity contribution in [2.24, 2.45) is 0 Å². The molecular weight excluding hydrogens is 343 g/mol. The lowest BCUT2D eigenvalue weighted by molar-refractivity contribution is 0.101. The predicted octanol–water partition coefficient (Wildman–Crippen LogP) is 4.13. The van der Waals surface area contributed by atoms with Crippen molar-refractivity contribution in [2.45, 2.75) is 18.9 Å². The van der Waals surface area contributed by atoms with E-state index in [0.717, 1.165) is 11.1 Å². The number of aliphatic hydroxyl groups excluding tert-OH is 1. The third-order valence-electron chi connectivity index (χ3n) is 4.21. The molecule has 5 heteroatoms. The van der Waals surface area contributed by atoms with Crippen LogP contribution in [0.2, 0.25) is 0 Å². The molecular formula is C22H19FN2O2. The molecule has 0 aliphatic carbocycles. The molecule has 3 rings (SSSR count). The zero-order valence-corrected chi connectivity index (χ0v) is 14.7. The summed E-state index contributed by atoms with van der Waals surface area (Å²) < 4.78 is 19.4. The summed E-state index contributed by atoms with van der Waals surface area (Å²) in [5.74, 6) is 0.0268. The van der Waals surface area contributed by atoms with E-state index in [4.69, 9.17) is 10.00 Å². The van der Waals surface area contributed by atoms with Crippen molar-refractivity contribution in [3.8, 4) is 22.9 Å². The average Bonchev–Trinajstić information content (AvgIpc) is 2.72. The number of aliphatic hydroxyl groups is 1. The molecule has 0 amide bonds. The fourth-order valence-corrected chi connectivity index (χ4v) is 2.76. The molecule has 2 aromatic carbocycles. The van der Waals surface area contributed by atoms with Gasteiger partial charge in [0.15, 0.2) is 0 Å². The quantitative estimate of drug-likeness (QED) is 0.686. The second-order valence-electron chi connectivity index (χ2n) is 6.17. The minimum Gasteiger partial charge on any atom is -0.490 e. The van der Waals surface area contributed by atoms with Crippen molar-refractivity contribution >= 4 is 0 Å². The standard InChI is InChI=1S/C22H19FN2O2/c23-21-10-8-17(12-18(21)13-24)20-5-1-2-6-22(20)27-15-19(26)9-7-16-4-3-11-25-14-16/h1-6,8,10-12,14,19,26H,7,9,15H2/t19-/m1/s1. The molecule has 1 heterocycles. The maximum Gasteiger partial charge on any atom is 0.140 e. The minimum atomic E-state index is -0.624. The Morgan fingerprint density at radius 3 is 2.78 bits per heavy atom. The third-order valence-corrected chi connectivity index (χ3v) is 4.21. The number of hydrogen-bond acceptors (Lipinski definition) is 4. The van der Waals surface area contributed by atoms with Crippen molar-refractivity contribution in [1.29, 1.82) is 5.26 Å². The van der Waals surface area contributed by atoms with Gasteiger partial charge in [-0.1, -0.05) is 30.3 Å². The zero-order chi connectivity index (χ0) is 19.1. The Morgan fingerprint density at radius 2 is 2.00 bits per heavy atom. The van der Waals surface area contributed by atoms with Crippen molar-refractivity contribution in [3.05, 3.63) is 83.9 Å². The first-order chi connectivity index (χ1) is 13.2. The number of nitrogens with zero attached hydrogens (tertiary/aromatic N) is 2. The van der Waals surface area contributed by atoms with Crippen LogP contribution in [0.5, 0.6) is 5.75 Å². The van der Waals surface area contributed by atoms with Crippen LogP contribution in [0, 0.1) is 17.1 Å². The maximum atomic E-state index is 13.6. The lowest BCUT2D eigenvalue weighted by Crippen LogP contribution is -2.18. The first-order valence-corrected chi connectivity index (χ1v) is 8.66. The second kappa shape index (κ2) is 8.93. The molecule has 0 spiro atoms. The van der Waals surface area contributed by atoms with E-state index >= 15 is 0 Å². The lowest BCUT2D eigenvalue weighted by Gasteiger charge is -2.15. The number of aromatic nitrogens is 1. The normalized spacial score (nSPS) is 11.6. The molecule has 1 N–H and O–H groups in total. The fourth-order valence-electron chi connectivity index (χ4n) is 2.76. The number of aryl methyl sites for hydroxylation is 1. The third kappa shape index (κ3) is 4.90. The molecule has 1 atom stereocenters. The molecule has 136 valence electrons. The van der Waals surface area contributed by atoms with Gasteiger partial charge in [0.05, 0.1) is 11.7 Å². The highest BCUT2D eigenvalue weighted by molar-refractivity contribution is 5.71. The summed E-state index contributed by atoms with van der Waals surface area (Å²) in [6.07, 6.45) is 4.14. The summed E-state index contributed by atoms with van der Waals surface area (Å²) in [5, 5.41) is 19.2. The van der Waals surface area contributed by atoms with Crippen LogP contribution < -0.4 is 4.74 Å². The molecule has 0 aliphatic rings. The Kier molecular flexibility index (Phi) is 6.14. The van der Waals surface area contributed by atoms with E-state index in [9.17, 15) is 9.50 Å². The molecule has 0 saturated heterocycles. The van der Waals surface area contributed by atoms with Gasteiger partial charge in [-0.2, -0.15) is 5.26 Å². The van der Waals surface area contributed by atoms with E-state index in [2.05, 4.69) is 4.98 Å². The first-order valence-electron chi connectivity index (χ1n) is 8.66. The van der Waals surface area contributed by atoms with Crippen LogP contribution in [-0.2, 0) is 6.42 Å². The van der Waals surface area contributed by atoms with Crippen LogP contribution in [0.1, 0.15) is 17.5 Å². The van der Waals surface area contributed by atoms with E-state index in [1.807, 2.05) is 36.4 Å². The number of benzene rings is 2. The lowest BCUT2D eigenvalue weighted by atomic mass is 10.0. The highest BCUT2D eigenvalue weighted by Crippen LogP contribution is 2.31. The smallest absolute Gasteiger partial charge is 0.140 e. The summed E-state index contributed by atoms with van der Waals surface area (Å²) in [4.78, 5) is 4.06. The SMILES string of the molecule is N#Cc1cc(-c2ccccc2OC[C@H](O)CCc2cccnc2)ccc1F. The van der Waals surface area contributed by atoms with Crippen LogP contribution in [0.25, 0.3) is 11.1 Å². The van der Waals surface area contributed by atoms with Gasteiger partial charge < -0.3 is 9.84 Å². The number of para-hydroxylation sites is 1. The van der Waals surface area contributed by atoms with Crippen molar-refractivity contribution in [3.63, 3.8) is 0 Å². The molecule has 0 radical (unpaired) electrons. The van der Waals surface area contributed by atoms with Gasteiger partial charge in [0.25, 0.3) is 0 Å². The molecule has 0 saturated carbocycles. The summed E-state index contributed by atoms with van der Waals surface area (Å²) in [6, 6.07) is 17.4.